The lowest BCUT2D eigenvalue weighted by atomic mass is 10.3. The van der Waals surface area contributed by atoms with Crippen LogP contribution in [0.4, 0.5) is 10.5 Å². The molecule has 0 spiro atoms. The van der Waals surface area contributed by atoms with Crippen molar-refractivity contribution in [1.82, 2.24) is 4.90 Å². The zero-order valence-corrected chi connectivity index (χ0v) is 13.8. The number of nitrogens with zero attached hydrogens (tertiary/aromatic N) is 1. The molecule has 8 heteroatoms. The quantitative estimate of drug-likeness (QED) is 0.840. The number of nitrogens with one attached hydrogen (secondary N) is 1. The topological polar surface area (TPSA) is 79.6 Å². The van der Waals surface area contributed by atoms with Crippen molar-refractivity contribution < 1.29 is 18.8 Å². The molecule has 2 aromatic rings. The normalized spacial score (nSPS) is 16.0. The van der Waals surface area contributed by atoms with Gasteiger partial charge in [-0.1, -0.05) is 11.6 Å². The molecular weight excluding hydrogens is 352 g/mol. The number of carbonyl (C=O) groups excluding carboxylic acids is 3. The Balaban J connectivity index is 1.66. The molecule has 0 atom stereocenters. The van der Waals surface area contributed by atoms with Crippen molar-refractivity contribution in [2.75, 3.05) is 11.9 Å². The summed E-state index contributed by atoms with van der Waals surface area (Å²) in [6.45, 7) is -0.358. The van der Waals surface area contributed by atoms with Gasteiger partial charge in [-0.05, 0) is 48.2 Å². The Kier molecular flexibility index (Phi) is 4.73. The third-order valence-corrected chi connectivity index (χ3v) is 4.28. The third kappa shape index (κ3) is 3.69. The average molecular weight is 363 g/mol. The highest BCUT2D eigenvalue weighted by molar-refractivity contribution is 8.18. The highest BCUT2D eigenvalue weighted by atomic mass is 35.5. The predicted octanol–water partition coefficient (Wildman–Crippen LogP) is 3.61. The fourth-order valence-corrected chi connectivity index (χ4v) is 2.96. The molecule has 0 aliphatic carbocycles. The smallest absolute Gasteiger partial charge is 0.294 e. The standard InChI is InChI=1S/C16H11ClN2O4S/c17-10-3-5-11(6-4-10)18-14(20)9-19-15(21)13(24-16(19)22)8-12-2-1-7-23-12/h1-8H,9H2,(H,18,20)/b13-8+. The Morgan fingerprint density at radius 2 is 2.00 bits per heavy atom. The number of thioether (sulfide) groups is 1. The van der Waals surface area contributed by atoms with Crippen molar-refractivity contribution in [1.29, 1.82) is 0 Å². The van der Waals surface area contributed by atoms with Crippen LogP contribution < -0.4 is 5.32 Å². The Morgan fingerprint density at radius 3 is 2.67 bits per heavy atom. The van der Waals surface area contributed by atoms with Crippen molar-refractivity contribution in [3.05, 3.63) is 58.3 Å². The molecule has 1 fully saturated rings. The van der Waals surface area contributed by atoms with E-state index in [9.17, 15) is 14.4 Å². The largest absolute Gasteiger partial charge is 0.465 e. The molecule has 0 bridgehead atoms. The number of halogens is 1. The number of carbonyl (C=O) groups is 3. The first-order chi connectivity index (χ1) is 11.5. The van der Waals surface area contributed by atoms with E-state index in [1.165, 1.54) is 12.3 Å². The van der Waals surface area contributed by atoms with E-state index < -0.39 is 17.1 Å². The maximum Gasteiger partial charge on any atom is 0.294 e. The Labute approximate surface area is 146 Å². The zero-order valence-electron chi connectivity index (χ0n) is 12.2. The molecule has 122 valence electrons. The first kappa shape index (κ1) is 16.4. The predicted molar refractivity (Wildman–Crippen MR) is 91.5 cm³/mol. The van der Waals surface area contributed by atoms with Gasteiger partial charge < -0.3 is 9.73 Å². The van der Waals surface area contributed by atoms with Gasteiger partial charge in [0.1, 0.15) is 12.3 Å². The number of benzene rings is 1. The number of imide groups is 1. The minimum atomic E-state index is -0.521. The maximum absolute atomic E-state index is 12.3. The number of amides is 3. The van der Waals surface area contributed by atoms with Crippen LogP contribution >= 0.6 is 23.4 Å². The second-order valence-corrected chi connectivity index (χ2v) is 6.27. The molecule has 1 aromatic heterocycles. The lowest BCUT2D eigenvalue weighted by Crippen LogP contribution is -2.36. The summed E-state index contributed by atoms with van der Waals surface area (Å²) in [5.74, 6) is -0.530. The number of anilines is 1. The van der Waals surface area contributed by atoms with Gasteiger partial charge in [-0.3, -0.25) is 19.3 Å². The van der Waals surface area contributed by atoms with Gasteiger partial charge in [0, 0.05) is 16.8 Å². The molecule has 1 aliphatic heterocycles. The first-order valence-electron chi connectivity index (χ1n) is 6.87. The van der Waals surface area contributed by atoms with E-state index in [1.807, 2.05) is 0 Å². The van der Waals surface area contributed by atoms with Crippen molar-refractivity contribution in [2.45, 2.75) is 0 Å². The second kappa shape index (κ2) is 6.94. The summed E-state index contributed by atoms with van der Waals surface area (Å²) in [6, 6.07) is 9.86. The lowest BCUT2D eigenvalue weighted by molar-refractivity contribution is -0.127. The van der Waals surface area contributed by atoms with Gasteiger partial charge in [0.15, 0.2) is 0 Å². The van der Waals surface area contributed by atoms with E-state index >= 15 is 0 Å². The van der Waals surface area contributed by atoms with Crippen LogP contribution in [0.2, 0.25) is 5.02 Å². The van der Waals surface area contributed by atoms with E-state index in [4.69, 9.17) is 16.0 Å². The van der Waals surface area contributed by atoms with Gasteiger partial charge in [-0.15, -0.1) is 0 Å². The molecule has 1 N–H and O–H groups in total. The molecule has 0 saturated carbocycles. The Hall–Kier alpha value is -2.51. The van der Waals surface area contributed by atoms with Gasteiger partial charge in [0.2, 0.25) is 5.91 Å². The number of hydrogen-bond donors (Lipinski definition) is 1. The van der Waals surface area contributed by atoms with E-state index in [0.29, 0.717) is 16.5 Å². The molecule has 3 rings (SSSR count). The molecule has 3 amide bonds. The van der Waals surface area contributed by atoms with E-state index in [-0.39, 0.29) is 11.4 Å². The summed E-state index contributed by atoms with van der Waals surface area (Å²) in [7, 11) is 0. The molecular formula is C16H11ClN2O4S. The molecule has 6 nitrogen and oxygen atoms in total. The van der Waals surface area contributed by atoms with Crippen LogP contribution in [0.15, 0.2) is 52.0 Å². The van der Waals surface area contributed by atoms with E-state index in [1.54, 1.807) is 36.4 Å². The summed E-state index contributed by atoms with van der Waals surface area (Å²) < 4.78 is 5.12. The summed E-state index contributed by atoms with van der Waals surface area (Å²) in [4.78, 5) is 37.3. The fraction of sp³-hybridized carbons (Fsp3) is 0.0625. The summed E-state index contributed by atoms with van der Waals surface area (Å²) in [6.07, 6.45) is 2.94. The number of rotatable bonds is 4. The third-order valence-electron chi connectivity index (χ3n) is 3.12. The van der Waals surface area contributed by atoms with Crippen molar-refractivity contribution in [3.8, 4) is 0 Å². The van der Waals surface area contributed by atoms with Gasteiger partial charge in [0.05, 0.1) is 11.2 Å². The molecule has 1 aromatic carbocycles. The Morgan fingerprint density at radius 1 is 1.25 bits per heavy atom. The van der Waals surface area contributed by atoms with Gasteiger partial charge in [0.25, 0.3) is 11.1 Å². The number of hydrogen-bond acceptors (Lipinski definition) is 5. The monoisotopic (exact) mass is 362 g/mol. The highest BCUT2D eigenvalue weighted by Crippen LogP contribution is 2.32. The van der Waals surface area contributed by atoms with Crippen molar-refractivity contribution in [3.63, 3.8) is 0 Å². The van der Waals surface area contributed by atoms with Crippen LogP contribution in [-0.2, 0) is 9.59 Å². The van der Waals surface area contributed by atoms with Gasteiger partial charge >= 0.3 is 0 Å². The summed E-state index contributed by atoms with van der Waals surface area (Å²) in [5.41, 5.74) is 0.530. The van der Waals surface area contributed by atoms with Gasteiger partial charge in [-0.2, -0.15) is 0 Å². The van der Waals surface area contributed by atoms with Crippen LogP contribution in [0.3, 0.4) is 0 Å². The molecule has 2 heterocycles. The molecule has 0 unspecified atom stereocenters. The van der Waals surface area contributed by atoms with Crippen molar-refractivity contribution in [2.24, 2.45) is 0 Å². The average Bonchev–Trinajstić information content (AvgIpc) is 3.14. The van der Waals surface area contributed by atoms with E-state index in [0.717, 1.165) is 16.7 Å². The Bertz CT molecular complexity index is 815. The number of furan rings is 1. The molecule has 24 heavy (non-hydrogen) atoms. The van der Waals surface area contributed by atoms with Crippen LogP contribution in [-0.4, -0.2) is 28.5 Å². The maximum atomic E-state index is 12.3. The SMILES string of the molecule is O=C(CN1C(=O)S/C(=C/c2ccco2)C1=O)Nc1ccc(Cl)cc1. The van der Waals surface area contributed by atoms with E-state index in [2.05, 4.69) is 5.32 Å². The second-order valence-electron chi connectivity index (χ2n) is 4.84. The fourth-order valence-electron chi connectivity index (χ4n) is 2.02. The van der Waals surface area contributed by atoms with Crippen LogP contribution in [0.1, 0.15) is 5.76 Å². The van der Waals surface area contributed by atoms with Crippen LogP contribution in [0, 0.1) is 0 Å². The zero-order chi connectivity index (χ0) is 17.1. The first-order valence-corrected chi connectivity index (χ1v) is 8.06. The van der Waals surface area contributed by atoms with Crippen LogP contribution in [0.25, 0.3) is 6.08 Å². The minimum Gasteiger partial charge on any atom is -0.465 e. The molecule has 1 aliphatic rings. The molecule has 1 saturated heterocycles. The lowest BCUT2D eigenvalue weighted by Gasteiger charge is -2.12. The van der Waals surface area contributed by atoms with Crippen LogP contribution in [0.5, 0.6) is 0 Å². The minimum absolute atomic E-state index is 0.217. The molecule has 0 radical (unpaired) electrons. The summed E-state index contributed by atoms with van der Waals surface area (Å²) in [5, 5.41) is 2.65. The highest BCUT2D eigenvalue weighted by Gasteiger charge is 2.36. The summed E-state index contributed by atoms with van der Waals surface area (Å²) >= 11 is 6.54. The van der Waals surface area contributed by atoms with Crippen molar-refractivity contribution >= 4 is 52.2 Å². The van der Waals surface area contributed by atoms with Gasteiger partial charge in [-0.25, -0.2) is 0 Å².